The highest BCUT2D eigenvalue weighted by Gasteiger charge is 2.16. The maximum Gasteiger partial charge on any atom is 0.162 e. The summed E-state index contributed by atoms with van der Waals surface area (Å²) in [6.45, 7) is 0. The summed E-state index contributed by atoms with van der Waals surface area (Å²) in [4.78, 5) is 0. The van der Waals surface area contributed by atoms with Crippen molar-refractivity contribution in [1.29, 1.82) is 0 Å². The van der Waals surface area contributed by atoms with Crippen LogP contribution in [0.4, 0.5) is 8.78 Å². The molecule has 0 amide bonds. The first kappa shape index (κ1) is 14.6. The third-order valence-corrected chi connectivity index (χ3v) is 3.95. The van der Waals surface area contributed by atoms with Crippen LogP contribution >= 0.6 is 31.9 Å². The number of aliphatic hydroxyl groups is 1. The Morgan fingerprint density at radius 3 is 2.53 bits per heavy atom. The monoisotopic (exact) mass is 390 g/mol. The summed E-state index contributed by atoms with van der Waals surface area (Å²) >= 11 is 6.65. The van der Waals surface area contributed by atoms with Gasteiger partial charge in [-0.25, -0.2) is 8.78 Å². The van der Waals surface area contributed by atoms with Gasteiger partial charge in [0.05, 0.1) is 6.10 Å². The molecule has 2 aromatic carbocycles. The number of aliphatic hydroxyl groups excluding tert-OH is 1. The van der Waals surface area contributed by atoms with Crippen LogP contribution in [0.15, 0.2) is 45.3 Å². The molecule has 0 heterocycles. The van der Waals surface area contributed by atoms with Gasteiger partial charge in [-0.05, 0) is 29.3 Å². The zero-order valence-corrected chi connectivity index (χ0v) is 12.9. The Kier molecular flexibility index (Phi) is 4.71. The van der Waals surface area contributed by atoms with Crippen LogP contribution in [0.25, 0.3) is 0 Å². The Morgan fingerprint density at radius 2 is 1.84 bits per heavy atom. The Morgan fingerprint density at radius 1 is 1.11 bits per heavy atom. The van der Waals surface area contributed by atoms with Gasteiger partial charge in [0.15, 0.2) is 11.6 Å². The molecular weight excluding hydrogens is 382 g/mol. The van der Waals surface area contributed by atoms with E-state index in [-0.39, 0.29) is 12.0 Å². The molecule has 0 radical (unpaired) electrons. The van der Waals surface area contributed by atoms with Crippen molar-refractivity contribution in [3.05, 3.63) is 68.1 Å². The summed E-state index contributed by atoms with van der Waals surface area (Å²) in [7, 11) is 0. The Labute approximate surface area is 126 Å². The van der Waals surface area contributed by atoms with Gasteiger partial charge in [-0.3, -0.25) is 0 Å². The molecule has 2 rings (SSSR count). The van der Waals surface area contributed by atoms with Crippen LogP contribution in [-0.2, 0) is 6.42 Å². The van der Waals surface area contributed by atoms with E-state index in [1.165, 1.54) is 12.1 Å². The van der Waals surface area contributed by atoms with Crippen molar-refractivity contribution in [2.75, 3.05) is 0 Å². The minimum Gasteiger partial charge on any atom is -0.388 e. The molecule has 100 valence electrons. The molecule has 0 aliphatic carbocycles. The summed E-state index contributed by atoms with van der Waals surface area (Å²) in [5.74, 6) is -1.81. The predicted octanol–water partition coefficient (Wildman–Crippen LogP) is 4.77. The molecule has 0 aromatic heterocycles. The number of benzene rings is 2. The summed E-state index contributed by atoms with van der Waals surface area (Å²) in [6, 6.07) is 9.26. The van der Waals surface area contributed by atoms with Crippen molar-refractivity contribution in [3.63, 3.8) is 0 Å². The van der Waals surface area contributed by atoms with Crippen molar-refractivity contribution in [2.24, 2.45) is 0 Å². The van der Waals surface area contributed by atoms with E-state index in [0.29, 0.717) is 10.0 Å². The lowest BCUT2D eigenvalue weighted by Gasteiger charge is -2.14. The van der Waals surface area contributed by atoms with Crippen molar-refractivity contribution >= 4 is 31.9 Å². The van der Waals surface area contributed by atoms with E-state index in [1.807, 2.05) is 0 Å². The Balaban J connectivity index is 2.25. The zero-order valence-electron chi connectivity index (χ0n) is 9.71. The van der Waals surface area contributed by atoms with Crippen molar-refractivity contribution in [1.82, 2.24) is 0 Å². The highest BCUT2D eigenvalue weighted by molar-refractivity contribution is 9.11. The fourth-order valence-corrected chi connectivity index (χ4v) is 3.11. The first-order valence-electron chi connectivity index (χ1n) is 5.55. The van der Waals surface area contributed by atoms with Crippen LogP contribution in [-0.4, -0.2) is 5.11 Å². The zero-order chi connectivity index (χ0) is 14.0. The van der Waals surface area contributed by atoms with Crippen molar-refractivity contribution in [3.8, 4) is 0 Å². The molecule has 0 aliphatic heterocycles. The van der Waals surface area contributed by atoms with Gasteiger partial charge in [0, 0.05) is 15.4 Å². The number of rotatable bonds is 3. The number of halogens is 4. The van der Waals surface area contributed by atoms with Crippen molar-refractivity contribution in [2.45, 2.75) is 12.5 Å². The van der Waals surface area contributed by atoms with Gasteiger partial charge in [0.25, 0.3) is 0 Å². The molecule has 0 spiro atoms. The van der Waals surface area contributed by atoms with Crippen molar-refractivity contribution < 1.29 is 13.9 Å². The highest BCUT2D eigenvalue weighted by atomic mass is 79.9. The van der Waals surface area contributed by atoms with Gasteiger partial charge in [-0.15, -0.1) is 0 Å². The molecule has 0 bridgehead atoms. The quantitative estimate of drug-likeness (QED) is 0.799. The van der Waals surface area contributed by atoms with E-state index in [4.69, 9.17) is 0 Å². The van der Waals surface area contributed by atoms with Crippen LogP contribution < -0.4 is 0 Å². The summed E-state index contributed by atoms with van der Waals surface area (Å²) < 4.78 is 28.2. The molecule has 0 saturated carbocycles. The van der Waals surface area contributed by atoms with E-state index in [0.717, 1.165) is 10.5 Å². The van der Waals surface area contributed by atoms with Crippen LogP contribution in [0.5, 0.6) is 0 Å². The fraction of sp³-hybridized carbons (Fsp3) is 0.143. The minimum absolute atomic E-state index is 0.0177. The lowest BCUT2D eigenvalue weighted by atomic mass is 10.0. The molecular formula is C14H10Br2F2O. The first-order valence-corrected chi connectivity index (χ1v) is 7.13. The molecule has 1 nitrogen and oxygen atoms in total. The third-order valence-electron chi connectivity index (χ3n) is 2.77. The molecule has 1 atom stereocenters. The standard InChI is InChI=1S/C14H10Br2F2O/c15-9-4-5-10(11(16)7-9)13(19)6-8-2-1-3-12(17)14(8)18/h1-5,7,13,19H,6H2. The molecule has 1 N–H and O–H groups in total. The second-order valence-corrected chi connectivity index (χ2v) is 5.87. The average Bonchev–Trinajstić information content (AvgIpc) is 2.34. The highest BCUT2D eigenvalue weighted by Crippen LogP contribution is 2.29. The van der Waals surface area contributed by atoms with Gasteiger partial charge in [-0.1, -0.05) is 50.1 Å². The molecule has 19 heavy (non-hydrogen) atoms. The van der Waals surface area contributed by atoms with Crippen LogP contribution in [0.1, 0.15) is 17.2 Å². The van der Waals surface area contributed by atoms with E-state index >= 15 is 0 Å². The summed E-state index contributed by atoms with van der Waals surface area (Å²) in [5.41, 5.74) is 0.786. The SMILES string of the molecule is OC(Cc1cccc(F)c1F)c1ccc(Br)cc1Br. The minimum atomic E-state index is -0.908. The smallest absolute Gasteiger partial charge is 0.162 e. The predicted molar refractivity (Wildman–Crippen MR) is 76.9 cm³/mol. The lowest BCUT2D eigenvalue weighted by Crippen LogP contribution is -2.05. The summed E-state index contributed by atoms with van der Waals surface area (Å²) in [5, 5.41) is 10.1. The molecule has 0 saturated heterocycles. The topological polar surface area (TPSA) is 20.2 Å². The van der Waals surface area contributed by atoms with Gasteiger partial charge in [-0.2, -0.15) is 0 Å². The second kappa shape index (κ2) is 6.11. The third kappa shape index (κ3) is 3.41. The Hall–Kier alpha value is -0.780. The lowest BCUT2D eigenvalue weighted by molar-refractivity contribution is 0.176. The van der Waals surface area contributed by atoms with E-state index < -0.39 is 17.7 Å². The normalized spacial score (nSPS) is 12.5. The largest absolute Gasteiger partial charge is 0.388 e. The maximum atomic E-state index is 13.5. The fourth-order valence-electron chi connectivity index (χ4n) is 1.80. The van der Waals surface area contributed by atoms with Gasteiger partial charge >= 0.3 is 0 Å². The van der Waals surface area contributed by atoms with Gasteiger partial charge < -0.3 is 5.11 Å². The number of hydrogen-bond donors (Lipinski definition) is 1. The van der Waals surface area contributed by atoms with Crippen LogP contribution in [0, 0.1) is 11.6 Å². The number of hydrogen-bond acceptors (Lipinski definition) is 1. The molecule has 5 heteroatoms. The molecule has 1 unspecified atom stereocenters. The van der Waals surface area contributed by atoms with E-state index in [2.05, 4.69) is 31.9 Å². The van der Waals surface area contributed by atoms with Gasteiger partial charge in [0.1, 0.15) is 0 Å². The van der Waals surface area contributed by atoms with Crippen LogP contribution in [0.2, 0.25) is 0 Å². The first-order chi connectivity index (χ1) is 8.99. The average molecular weight is 392 g/mol. The van der Waals surface area contributed by atoms with E-state index in [9.17, 15) is 13.9 Å². The molecule has 0 aliphatic rings. The van der Waals surface area contributed by atoms with Crippen LogP contribution in [0.3, 0.4) is 0 Å². The maximum absolute atomic E-state index is 13.5. The molecule has 0 fully saturated rings. The second-order valence-electron chi connectivity index (χ2n) is 4.10. The van der Waals surface area contributed by atoms with Gasteiger partial charge in [0.2, 0.25) is 0 Å². The molecule has 2 aromatic rings. The summed E-state index contributed by atoms with van der Waals surface area (Å²) in [6.07, 6.45) is -0.886. The Bertz CT molecular complexity index is 602. The van der Waals surface area contributed by atoms with E-state index in [1.54, 1.807) is 18.2 Å².